The second kappa shape index (κ2) is 4.93. The van der Waals surface area contributed by atoms with Gasteiger partial charge in [0.1, 0.15) is 0 Å². The summed E-state index contributed by atoms with van der Waals surface area (Å²) in [5.74, 6) is 5.66. The van der Waals surface area contributed by atoms with E-state index in [1.807, 2.05) is 12.1 Å². The monoisotopic (exact) mass is 188 g/mol. The lowest BCUT2D eigenvalue weighted by Crippen LogP contribution is -2.19. The number of benzene rings is 1. The second-order valence-electron chi connectivity index (χ2n) is 2.83. The lowest BCUT2D eigenvalue weighted by atomic mass is 10.2. The highest BCUT2D eigenvalue weighted by Gasteiger charge is 1.86. The molecule has 0 fully saturated rings. The number of hydrogen-bond acceptors (Lipinski definition) is 2. The zero-order chi connectivity index (χ0) is 10.4. The molecule has 1 amide bonds. The van der Waals surface area contributed by atoms with Crippen molar-refractivity contribution in [1.29, 1.82) is 0 Å². The summed E-state index contributed by atoms with van der Waals surface area (Å²) in [6, 6.07) is 7.27. The van der Waals surface area contributed by atoms with Gasteiger partial charge >= 0.3 is 0 Å². The third kappa shape index (κ3) is 3.63. The molecule has 0 aliphatic carbocycles. The maximum absolute atomic E-state index is 10.5. The number of nitrogen functional groups attached to an aromatic ring is 1. The number of hydrogen-bond donors (Lipinski definition) is 2. The Balaban J connectivity index is 2.51. The van der Waals surface area contributed by atoms with Crippen molar-refractivity contribution < 1.29 is 4.79 Å². The number of amides is 1. The summed E-state index contributed by atoms with van der Waals surface area (Å²) in [6.45, 7) is 1.84. The van der Waals surface area contributed by atoms with Gasteiger partial charge in [-0.05, 0) is 24.3 Å². The Hall–Kier alpha value is -1.95. The number of nitrogens with one attached hydrogen (secondary N) is 1. The lowest BCUT2D eigenvalue weighted by molar-refractivity contribution is -0.118. The van der Waals surface area contributed by atoms with Crippen LogP contribution in [0, 0.1) is 11.8 Å². The Bertz CT molecular complexity index is 371. The van der Waals surface area contributed by atoms with Gasteiger partial charge in [-0.2, -0.15) is 0 Å². The molecule has 1 aromatic rings. The van der Waals surface area contributed by atoms with Crippen LogP contribution in [0.4, 0.5) is 5.69 Å². The molecule has 0 unspecified atom stereocenters. The van der Waals surface area contributed by atoms with Crippen LogP contribution in [0.1, 0.15) is 12.5 Å². The lowest BCUT2D eigenvalue weighted by Gasteiger charge is -1.93. The molecule has 1 rings (SSSR count). The fourth-order valence-electron chi connectivity index (χ4n) is 0.881. The average Bonchev–Trinajstić information content (AvgIpc) is 2.15. The first-order valence-electron chi connectivity index (χ1n) is 4.27. The van der Waals surface area contributed by atoms with Gasteiger partial charge < -0.3 is 11.1 Å². The Labute approximate surface area is 83.3 Å². The van der Waals surface area contributed by atoms with Crippen LogP contribution in [0.5, 0.6) is 0 Å². The molecule has 0 radical (unpaired) electrons. The largest absolute Gasteiger partial charge is 0.399 e. The van der Waals surface area contributed by atoms with E-state index in [0.717, 1.165) is 11.3 Å². The average molecular weight is 188 g/mol. The molecule has 3 heteroatoms. The molecule has 3 nitrogen and oxygen atoms in total. The molecule has 1 aromatic carbocycles. The van der Waals surface area contributed by atoms with Crippen LogP contribution >= 0.6 is 0 Å². The maximum atomic E-state index is 10.5. The molecule has 72 valence electrons. The molecule has 0 spiro atoms. The number of rotatable bonds is 1. The molecule has 0 aromatic heterocycles. The number of carbonyl (C=O) groups excluding carboxylic acids is 1. The van der Waals surface area contributed by atoms with Crippen molar-refractivity contribution in [2.24, 2.45) is 0 Å². The first-order chi connectivity index (χ1) is 6.68. The van der Waals surface area contributed by atoms with Crippen LogP contribution in [0.2, 0.25) is 0 Å². The Morgan fingerprint density at radius 1 is 1.43 bits per heavy atom. The highest BCUT2D eigenvalue weighted by Crippen LogP contribution is 2.03. The third-order valence-electron chi connectivity index (χ3n) is 1.57. The van der Waals surface area contributed by atoms with Gasteiger partial charge in [-0.25, -0.2) is 0 Å². The first-order valence-corrected chi connectivity index (χ1v) is 4.27. The van der Waals surface area contributed by atoms with Gasteiger partial charge in [0.15, 0.2) is 0 Å². The van der Waals surface area contributed by atoms with Gasteiger partial charge in [0.25, 0.3) is 0 Å². The Morgan fingerprint density at radius 3 is 2.64 bits per heavy atom. The van der Waals surface area contributed by atoms with Gasteiger partial charge in [-0.1, -0.05) is 11.8 Å². The predicted octanol–water partition coefficient (Wildman–Crippen LogP) is 0.756. The summed E-state index contributed by atoms with van der Waals surface area (Å²) in [6.07, 6.45) is 0. The molecular weight excluding hydrogens is 176 g/mol. The molecule has 0 aliphatic heterocycles. The molecule has 3 N–H and O–H groups in total. The van der Waals surface area contributed by atoms with E-state index in [4.69, 9.17) is 5.73 Å². The SMILES string of the molecule is CC(=O)NCC#Cc1ccc(N)cc1. The van der Waals surface area contributed by atoms with E-state index in [1.165, 1.54) is 6.92 Å². The molecule has 14 heavy (non-hydrogen) atoms. The minimum absolute atomic E-state index is 0.0726. The highest BCUT2D eigenvalue weighted by atomic mass is 16.1. The van der Waals surface area contributed by atoms with Gasteiger partial charge in [-0.3, -0.25) is 4.79 Å². The van der Waals surface area contributed by atoms with Crippen LogP contribution in [-0.4, -0.2) is 12.5 Å². The van der Waals surface area contributed by atoms with Crippen molar-refractivity contribution >= 4 is 11.6 Å². The molecule has 0 bridgehead atoms. The topological polar surface area (TPSA) is 55.1 Å². The van der Waals surface area contributed by atoms with Crippen LogP contribution in [0.3, 0.4) is 0 Å². The second-order valence-corrected chi connectivity index (χ2v) is 2.83. The summed E-state index contributed by atoms with van der Waals surface area (Å²) in [4.78, 5) is 10.5. The Kier molecular flexibility index (Phi) is 3.57. The van der Waals surface area contributed by atoms with Crippen LogP contribution in [-0.2, 0) is 4.79 Å². The van der Waals surface area contributed by atoms with Crippen molar-refractivity contribution in [2.45, 2.75) is 6.92 Å². The molecular formula is C11H12N2O. The van der Waals surface area contributed by atoms with E-state index >= 15 is 0 Å². The van der Waals surface area contributed by atoms with Gasteiger partial charge in [0.05, 0.1) is 6.54 Å². The van der Waals surface area contributed by atoms with Crippen molar-refractivity contribution in [1.82, 2.24) is 5.32 Å². The standard InChI is InChI=1S/C11H12N2O/c1-9(14)13-8-2-3-10-4-6-11(12)7-5-10/h4-7H,8,12H2,1H3,(H,13,14). The van der Waals surface area contributed by atoms with E-state index in [0.29, 0.717) is 6.54 Å². The summed E-state index contributed by atoms with van der Waals surface area (Å²) >= 11 is 0. The zero-order valence-electron chi connectivity index (χ0n) is 8.00. The predicted molar refractivity (Wildman–Crippen MR) is 56.4 cm³/mol. The normalized spacial score (nSPS) is 8.64. The van der Waals surface area contributed by atoms with E-state index in [-0.39, 0.29) is 5.91 Å². The van der Waals surface area contributed by atoms with Gasteiger partial charge in [0, 0.05) is 18.2 Å². The van der Waals surface area contributed by atoms with Crippen LogP contribution in [0.15, 0.2) is 24.3 Å². The number of carbonyl (C=O) groups is 1. The summed E-state index contributed by atoms with van der Waals surface area (Å²) in [7, 11) is 0. The zero-order valence-corrected chi connectivity index (χ0v) is 8.00. The highest BCUT2D eigenvalue weighted by molar-refractivity contribution is 5.73. The number of nitrogens with two attached hydrogens (primary N) is 1. The van der Waals surface area contributed by atoms with Crippen molar-refractivity contribution in [3.63, 3.8) is 0 Å². The minimum atomic E-state index is -0.0726. The molecule has 0 saturated heterocycles. The van der Waals surface area contributed by atoms with Gasteiger partial charge in [-0.15, -0.1) is 0 Å². The van der Waals surface area contributed by atoms with E-state index in [9.17, 15) is 4.79 Å². The molecule has 0 saturated carbocycles. The van der Waals surface area contributed by atoms with E-state index in [1.54, 1.807) is 12.1 Å². The van der Waals surface area contributed by atoms with Crippen molar-refractivity contribution in [3.8, 4) is 11.8 Å². The molecule has 0 aliphatic rings. The fourth-order valence-corrected chi connectivity index (χ4v) is 0.881. The van der Waals surface area contributed by atoms with Crippen LogP contribution in [0.25, 0.3) is 0 Å². The molecule has 0 atom stereocenters. The first kappa shape index (κ1) is 10.1. The van der Waals surface area contributed by atoms with Gasteiger partial charge in [0.2, 0.25) is 5.91 Å². The minimum Gasteiger partial charge on any atom is -0.399 e. The van der Waals surface area contributed by atoms with Crippen molar-refractivity contribution in [2.75, 3.05) is 12.3 Å². The maximum Gasteiger partial charge on any atom is 0.217 e. The third-order valence-corrected chi connectivity index (χ3v) is 1.57. The number of anilines is 1. The summed E-state index contributed by atoms with van der Waals surface area (Å²) in [5.41, 5.74) is 7.13. The van der Waals surface area contributed by atoms with Crippen molar-refractivity contribution in [3.05, 3.63) is 29.8 Å². The smallest absolute Gasteiger partial charge is 0.217 e. The summed E-state index contributed by atoms with van der Waals surface area (Å²) in [5, 5.41) is 2.59. The Morgan fingerprint density at radius 2 is 2.07 bits per heavy atom. The molecule has 0 heterocycles. The van der Waals surface area contributed by atoms with Crippen LogP contribution < -0.4 is 11.1 Å². The van der Waals surface area contributed by atoms with E-state index in [2.05, 4.69) is 17.2 Å². The van der Waals surface area contributed by atoms with E-state index < -0.39 is 0 Å². The quantitative estimate of drug-likeness (QED) is 0.505. The fraction of sp³-hybridized carbons (Fsp3) is 0.182. The summed E-state index contributed by atoms with van der Waals surface area (Å²) < 4.78 is 0.